The SMILES string of the molecule is C=C(C)C(=O)OC(F)(F)C(F)(F)C(F)(F)C(F)(F)C(F)(F)C(F)(F)C(F)(F)CCC(F)(F)F.CC(=CC(C(F)(F)F)C(F)(F)F)C(=O)O. The average molecular weight is 768 g/mol. The summed E-state index contributed by atoms with van der Waals surface area (Å²) in [4.78, 5) is 20.9. The molecule has 0 aromatic carbocycles. The minimum atomic E-state index is -8.49. The molecule has 0 aliphatic rings. The van der Waals surface area contributed by atoms with Crippen molar-refractivity contribution in [3.05, 3.63) is 23.8 Å². The summed E-state index contributed by atoms with van der Waals surface area (Å²) in [7, 11) is 0. The maximum Gasteiger partial charge on any atom is 0.473 e. The Bertz CT molecular complexity index is 1180. The molecule has 0 rings (SSSR count). The molecule has 0 radical (unpaired) electrons. The molecule has 0 saturated heterocycles. The van der Waals surface area contributed by atoms with Crippen molar-refractivity contribution in [1.29, 1.82) is 0 Å². The highest BCUT2D eigenvalue weighted by atomic mass is 19.4. The van der Waals surface area contributed by atoms with Gasteiger partial charge in [0.05, 0.1) is 0 Å². The van der Waals surface area contributed by atoms with Crippen molar-refractivity contribution in [1.82, 2.24) is 0 Å². The largest absolute Gasteiger partial charge is 0.478 e. The van der Waals surface area contributed by atoms with E-state index in [2.05, 4.69) is 11.3 Å². The summed E-state index contributed by atoms with van der Waals surface area (Å²) in [6.07, 6.45) is -30.8. The first-order valence-corrected chi connectivity index (χ1v) is 11.1. The number of halogens is 23. The molecule has 0 aromatic rings. The van der Waals surface area contributed by atoms with Crippen molar-refractivity contribution in [3.63, 3.8) is 0 Å². The molecule has 0 aliphatic heterocycles. The number of carbonyl (C=O) groups excluding carboxylic acids is 1. The van der Waals surface area contributed by atoms with Gasteiger partial charge < -0.3 is 9.84 Å². The number of allylic oxidation sites excluding steroid dienone is 1. The average Bonchev–Trinajstić information content (AvgIpc) is 2.83. The maximum atomic E-state index is 13.5. The highest BCUT2D eigenvalue weighted by Crippen LogP contribution is 2.63. The van der Waals surface area contributed by atoms with Crippen LogP contribution in [-0.2, 0) is 14.3 Å². The predicted octanol–water partition coefficient (Wildman–Crippen LogP) is 9.61. The molecule has 0 saturated carbocycles. The lowest BCUT2D eigenvalue weighted by Gasteiger charge is -2.42. The molecule has 48 heavy (non-hydrogen) atoms. The summed E-state index contributed by atoms with van der Waals surface area (Å²) in [5.74, 6) is -56.3. The predicted molar refractivity (Wildman–Crippen MR) is 108 cm³/mol. The van der Waals surface area contributed by atoms with Gasteiger partial charge in [0, 0.05) is 24.0 Å². The maximum absolute atomic E-state index is 13.5. The van der Waals surface area contributed by atoms with Gasteiger partial charge in [-0.15, -0.1) is 0 Å². The normalized spacial score (nSPS) is 15.2. The third-order valence-electron chi connectivity index (χ3n) is 5.15. The summed E-state index contributed by atoms with van der Waals surface area (Å²) >= 11 is 0. The number of carboxylic acids is 1. The molecule has 0 amide bonds. The van der Waals surface area contributed by atoms with Crippen LogP contribution in [0.25, 0.3) is 0 Å². The van der Waals surface area contributed by atoms with Gasteiger partial charge >= 0.3 is 72.1 Å². The lowest BCUT2D eigenvalue weighted by atomic mass is 9.89. The molecule has 4 nitrogen and oxygen atoms in total. The highest BCUT2D eigenvalue weighted by molar-refractivity contribution is 5.87. The minimum Gasteiger partial charge on any atom is -0.478 e. The van der Waals surface area contributed by atoms with Gasteiger partial charge in [-0.1, -0.05) is 12.7 Å². The summed E-state index contributed by atoms with van der Waals surface area (Å²) in [6, 6.07) is 0. The van der Waals surface area contributed by atoms with E-state index in [9.17, 15) is 111 Å². The van der Waals surface area contributed by atoms with Gasteiger partial charge in [-0.05, 0) is 13.8 Å². The van der Waals surface area contributed by atoms with Gasteiger partial charge in [0.2, 0.25) is 0 Å². The van der Waals surface area contributed by atoms with E-state index in [-0.39, 0.29) is 6.08 Å². The number of rotatable bonds is 12. The number of aliphatic carboxylic acids is 1. The fraction of sp³-hybridized carbons (Fsp3) is 0.714. The van der Waals surface area contributed by atoms with E-state index in [0.717, 1.165) is 0 Å². The number of carbonyl (C=O) groups is 2. The third kappa shape index (κ3) is 9.93. The van der Waals surface area contributed by atoms with Gasteiger partial charge in [0.25, 0.3) is 0 Å². The van der Waals surface area contributed by atoms with Crippen molar-refractivity contribution in [3.8, 4) is 0 Å². The topological polar surface area (TPSA) is 63.6 Å². The molecule has 27 heteroatoms. The Morgan fingerprint density at radius 1 is 0.604 bits per heavy atom. The van der Waals surface area contributed by atoms with Crippen LogP contribution < -0.4 is 0 Å². The van der Waals surface area contributed by atoms with Crippen LogP contribution in [0.3, 0.4) is 0 Å². The first-order valence-electron chi connectivity index (χ1n) is 11.1. The molecule has 0 aromatic heterocycles. The molecule has 0 atom stereocenters. The number of carboxylic acid groups (broad SMARTS) is 1. The Hall–Kier alpha value is -3.19. The molecule has 284 valence electrons. The zero-order valence-corrected chi connectivity index (χ0v) is 22.6. The van der Waals surface area contributed by atoms with Crippen LogP contribution in [0.15, 0.2) is 23.8 Å². The first kappa shape index (κ1) is 46.9. The van der Waals surface area contributed by atoms with Crippen LogP contribution in [0.5, 0.6) is 0 Å². The van der Waals surface area contributed by atoms with Gasteiger partial charge in [0.1, 0.15) is 0 Å². The Morgan fingerprint density at radius 3 is 1.23 bits per heavy atom. The van der Waals surface area contributed by atoms with Gasteiger partial charge in [-0.25, -0.2) is 9.59 Å². The highest BCUT2D eigenvalue weighted by Gasteiger charge is 2.93. The Balaban J connectivity index is 0. The number of hydrogen-bond donors (Lipinski definition) is 1. The number of hydrogen-bond acceptors (Lipinski definition) is 3. The van der Waals surface area contributed by atoms with Crippen LogP contribution in [0.2, 0.25) is 0 Å². The molecule has 0 aliphatic carbocycles. The van der Waals surface area contributed by atoms with E-state index >= 15 is 0 Å². The third-order valence-corrected chi connectivity index (χ3v) is 5.15. The molecule has 0 fully saturated rings. The van der Waals surface area contributed by atoms with Crippen LogP contribution in [-0.4, -0.2) is 77.2 Å². The van der Waals surface area contributed by atoms with E-state index in [1.165, 1.54) is 0 Å². The molecular formula is C21H15F23O4. The Morgan fingerprint density at radius 2 is 0.938 bits per heavy atom. The summed E-state index contributed by atoms with van der Waals surface area (Å²) in [6.45, 7) is 3.57. The molecule has 0 spiro atoms. The molecule has 0 unspecified atom stereocenters. The van der Waals surface area contributed by atoms with E-state index in [0.29, 0.717) is 13.8 Å². The zero-order chi connectivity index (χ0) is 39.7. The summed E-state index contributed by atoms with van der Waals surface area (Å²) < 4.78 is 297. The second kappa shape index (κ2) is 14.0. The smallest absolute Gasteiger partial charge is 0.473 e. The first-order chi connectivity index (χ1) is 20.5. The van der Waals surface area contributed by atoms with Gasteiger partial charge in [-0.2, -0.15) is 101 Å². The number of esters is 1. The molecule has 0 heterocycles. The van der Waals surface area contributed by atoms with E-state index in [4.69, 9.17) is 5.11 Å². The Kier molecular flexibility index (Phi) is 13.7. The van der Waals surface area contributed by atoms with Crippen molar-refractivity contribution in [2.45, 2.75) is 86.9 Å². The molecule has 0 bridgehead atoms. The second-order valence-corrected chi connectivity index (χ2v) is 9.09. The minimum absolute atomic E-state index is 0.359. The monoisotopic (exact) mass is 768 g/mol. The number of alkyl halides is 23. The van der Waals surface area contributed by atoms with Crippen LogP contribution in [0.1, 0.15) is 26.7 Å². The van der Waals surface area contributed by atoms with Crippen molar-refractivity contribution < 1.29 is 120 Å². The zero-order valence-electron chi connectivity index (χ0n) is 22.6. The fourth-order valence-electron chi connectivity index (χ4n) is 2.42. The standard InChI is InChI=1S/C14H9F17O2.C7H6F6O2/c1-5(2)6(32)33-14(30,31)13(28,29)12(26,27)11(24,25)10(22,23)9(20,21)7(15,16)3-4-8(17,18)19;1-3(5(14)15)2-4(6(8,9)10)7(11,12)13/h1,3-4H2,2H3;2,4H,1H3,(H,14,15). The van der Waals surface area contributed by atoms with Crippen molar-refractivity contribution in [2.24, 2.45) is 5.92 Å². The van der Waals surface area contributed by atoms with Gasteiger partial charge in [0.15, 0.2) is 5.92 Å². The van der Waals surface area contributed by atoms with E-state index in [1.807, 2.05) is 0 Å². The van der Waals surface area contributed by atoms with Crippen LogP contribution >= 0.6 is 0 Å². The summed E-state index contributed by atoms with van der Waals surface area (Å²) in [5, 5.41) is 8.16. The van der Waals surface area contributed by atoms with Crippen LogP contribution in [0.4, 0.5) is 101 Å². The lowest BCUT2D eigenvalue weighted by Crippen LogP contribution is -2.73. The lowest BCUT2D eigenvalue weighted by molar-refractivity contribution is -0.461. The second-order valence-electron chi connectivity index (χ2n) is 9.09. The molecule has 1 N–H and O–H groups in total. The molecular weight excluding hydrogens is 753 g/mol. The van der Waals surface area contributed by atoms with Crippen LogP contribution in [0, 0.1) is 5.92 Å². The van der Waals surface area contributed by atoms with E-state index in [1.54, 1.807) is 0 Å². The fourth-order valence-corrected chi connectivity index (χ4v) is 2.42. The quantitative estimate of drug-likeness (QED) is 0.122. The van der Waals surface area contributed by atoms with Gasteiger partial charge in [-0.3, -0.25) is 0 Å². The van der Waals surface area contributed by atoms with E-state index < -0.39 is 102 Å². The van der Waals surface area contributed by atoms with Crippen molar-refractivity contribution in [2.75, 3.05) is 0 Å². The summed E-state index contributed by atoms with van der Waals surface area (Å²) in [5.41, 5.74) is -2.27. The van der Waals surface area contributed by atoms with Crippen molar-refractivity contribution >= 4 is 11.9 Å². The Labute approximate surface area is 250 Å². The number of ether oxygens (including phenoxy) is 1.